The van der Waals surface area contributed by atoms with Crippen molar-refractivity contribution < 1.29 is 13.6 Å². The average molecular weight is 331 g/mol. The van der Waals surface area contributed by atoms with Gasteiger partial charge in [-0.3, -0.25) is 9.69 Å². The fourth-order valence-corrected chi connectivity index (χ4v) is 3.15. The van der Waals surface area contributed by atoms with E-state index in [0.29, 0.717) is 23.0 Å². The first-order valence-electron chi connectivity index (χ1n) is 7.09. The SMILES string of the molecule is CCC1S/C(=N/N=C/c2ccco2)N(c2ccc(F)cc2)C1=O. The van der Waals surface area contributed by atoms with Gasteiger partial charge in [0.05, 0.1) is 23.4 Å². The van der Waals surface area contributed by atoms with Crippen molar-refractivity contribution >= 4 is 34.7 Å². The van der Waals surface area contributed by atoms with Crippen LogP contribution in [0.4, 0.5) is 10.1 Å². The van der Waals surface area contributed by atoms with Gasteiger partial charge in [-0.1, -0.05) is 18.7 Å². The predicted octanol–water partition coefficient (Wildman–Crippen LogP) is 3.67. The molecular formula is C16H14FN3O2S. The minimum absolute atomic E-state index is 0.0731. The number of carbonyl (C=O) groups is 1. The molecule has 1 amide bonds. The molecule has 2 heterocycles. The Hall–Kier alpha value is -2.41. The van der Waals surface area contributed by atoms with Crippen molar-refractivity contribution in [1.29, 1.82) is 0 Å². The summed E-state index contributed by atoms with van der Waals surface area (Å²) in [7, 11) is 0. The second-order valence-electron chi connectivity index (χ2n) is 4.81. The highest BCUT2D eigenvalue weighted by atomic mass is 32.2. The van der Waals surface area contributed by atoms with Crippen molar-refractivity contribution in [2.75, 3.05) is 4.90 Å². The molecule has 23 heavy (non-hydrogen) atoms. The topological polar surface area (TPSA) is 58.2 Å². The van der Waals surface area contributed by atoms with E-state index in [4.69, 9.17) is 4.42 Å². The van der Waals surface area contributed by atoms with Gasteiger partial charge in [0.2, 0.25) is 5.91 Å². The lowest BCUT2D eigenvalue weighted by Gasteiger charge is -2.15. The first kappa shape index (κ1) is 15.5. The predicted molar refractivity (Wildman–Crippen MR) is 89.3 cm³/mol. The lowest BCUT2D eigenvalue weighted by atomic mass is 10.2. The Morgan fingerprint density at radius 2 is 2.13 bits per heavy atom. The first-order chi connectivity index (χ1) is 11.2. The summed E-state index contributed by atoms with van der Waals surface area (Å²) in [6.45, 7) is 1.94. The Labute approximate surface area is 136 Å². The number of amidine groups is 1. The Kier molecular flexibility index (Phi) is 4.57. The van der Waals surface area contributed by atoms with Gasteiger partial charge >= 0.3 is 0 Å². The molecule has 3 rings (SSSR count). The number of carbonyl (C=O) groups excluding carboxylic acids is 1. The number of amides is 1. The molecule has 0 aliphatic carbocycles. The van der Waals surface area contributed by atoms with Gasteiger partial charge in [0, 0.05) is 0 Å². The maximum Gasteiger partial charge on any atom is 0.246 e. The van der Waals surface area contributed by atoms with Gasteiger partial charge in [0.1, 0.15) is 11.6 Å². The third kappa shape index (κ3) is 3.34. The molecule has 1 aromatic carbocycles. The molecule has 1 aliphatic heterocycles. The fourth-order valence-electron chi connectivity index (χ4n) is 2.12. The summed E-state index contributed by atoms with van der Waals surface area (Å²) in [4.78, 5) is 14.0. The van der Waals surface area contributed by atoms with Gasteiger partial charge in [0.15, 0.2) is 5.17 Å². The maximum atomic E-state index is 13.1. The minimum atomic E-state index is -0.352. The third-order valence-corrected chi connectivity index (χ3v) is 4.56. The first-order valence-corrected chi connectivity index (χ1v) is 7.97. The van der Waals surface area contributed by atoms with Crippen LogP contribution in [0.25, 0.3) is 0 Å². The van der Waals surface area contributed by atoms with Gasteiger partial charge < -0.3 is 4.42 Å². The molecule has 118 valence electrons. The van der Waals surface area contributed by atoms with Crippen molar-refractivity contribution in [3.63, 3.8) is 0 Å². The Balaban J connectivity index is 1.89. The third-order valence-electron chi connectivity index (χ3n) is 3.26. The van der Waals surface area contributed by atoms with E-state index in [-0.39, 0.29) is 17.0 Å². The molecule has 0 radical (unpaired) electrons. The molecule has 0 N–H and O–H groups in total. The number of furan rings is 1. The van der Waals surface area contributed by atoms with Gasteiger partial charge in [-0.2, -0.15) is 5.10 Å². The summed E-state index contributed by atoms with van der Waals surface area (Å²) in [5.41, 5.74) is 0.576. The lowest BCUT2D eigenvalue weighted by Crippen LogP contribution is -2.31. The van der Waals surface area contributed by atoms with E-state index in [0.717, 1.165) is 0 Å². The number of benzene rings is 1. The van der Waals surface area contributed by atoms with Crippen LogP contribution in [0, 0.1) is 5.82 Å². The molecule has 1 aliphatic rings. The number of rotatable bonds is 4. The van der Waals surface area contributed by atoms with E-state index in [1.807, 2.05) is 6.92 Å². The van der Waals surface area contributed by atoms with Crippen LogP contribution in [0.15, 0.2) is 57.3 Å². The minimum Gasteiger partial charge on any atom is -0.463 e. The number of halogens is 1. The number of nitrogens with zero attached hydrogens (tertiary/aromatic N) is 3. The molecule has 0 spiro atoms. The van der Waals surface area contributed by atoms with Crippen molar-refractivity contribution in [2.24, 2.45) is 10.2 Å². The van der Waals surface area contributed by atoms with E-state index < -0.39 is 0 Å². The van der Waals surface area contributed by atoms with Gasteiger partial charge in [-0.25, -0.2) is 4.39 Å². The van der Waals surface area contributed by atoms with Crippen LogP contribution in [0.3, 0.4) is 0 Å². The van der Waals surface area contributed by atoms with E-state index >= 15 is 0 Å². The van der Waals surface area contributed by atoms with E-state index in [2.05, 4.69) is 10.2 Å². The maximum absolute atomic E-state index is 13.1. The fraction of sp³-hybridized carbons (Fsp3) is 0.188. The summed E-state index contributed by atoms with van der Waals surface area (Å²) >= 11 is 1.35. The highest BCUT2D eigenvalue weighted by Gasteiger charge is 2.38. The molecular weight excluding hydrogens is 317 g/mol. The smallest absolute Gasteiger partial charge is 0.246 e. The number of hydrogen-bond donors (Lipinski definition) is 0. The van der Waals surface area contributed by atoms with Gasteiger partial charge in [0.25, 0.3) is 0 Å². The zero-order valence-electron chi connectivity index (χ0n) is 12.3. The van der Waals surface area contributed by atoms with Crippen molar-refractivity contribution in [2.45, 2.75) is 18.6 Å². The van der Waals surface area contributed by atoms with Crippen LogP contribution in [0.5, 0.6) is 0 Å². The van der Waals surface area contributed by atoms with E-state index in [1.165, 1.54) is 35.0 Å². The molecule has 1 fully saturated rings. The molecule has 7 heteroatoms. The highest BCUT2D eigenvalue weighted by molar-refractivity contribution is 8.16. The molecule has 2 aromatic rings. The summed E-state index contributed by atoms with van der Waals surface area (Å²) in [6.07, 6.45) is 3.70. The van der Waals surface area contributed by atoms with E-state index in [1.54, 1.807) is 30.5 Å². The molecule has 0 saturated carbocycles. The standard InChI is InChI=1S/C16H14FN3O2S/c1-2-14-15(21)20(12-7-5-11(17)6-8-12)16(23-14)19-18-10-13-4-3-9-22-13/h3-10,14H,2H2,1H3/b18-10+,19-16+. The quantitative estimate of drug-likeness (QED) is 0.634. The van der Waals surface area contributed by atoms with Crippen molar-refractivity contribution in [1.82, 2.24) is 0 Å². The normalized spacial score (nSPS) is 20.1. The van der Waals surface area contributed by atoms with Gasteiger partial charge in [-0.05, 0) is 42.8 Å². The molecule has 1 atom stereocenters. The summed E-state index contributed by atoms with van der Waals surface area (Å²) in [5, 5.41) is 8.36. The van der Waals surface area contributed by atoms with Crippen molar-refractivity contribution in [3.8, 4) is 0 Å². The molecule has 5 nitrogen and oxygen atoms in total. The second-order valence-corrected chi connectivity index (χ2v) is 5.98. The second kappa shape index (κ2) is 6.78. The largest absolute Gasteiger partial charge is 0.463 e. The zero-order chi connectivity index (χ0) is 16.2. The lowest BCUT2D eigenvalue weighted by molar-refractivity contribution is -0.116. The summed E-state index contributed by atoms with van der Waals surface area (Å²) < 4.78 is 18.2. The van der Waals surface area contributed by atoms with Crippen LogP contribution in [-0.4, -0.2) is 22.5 Å². The number of thioether (sulfide) groups is 1. The Morgan fingerprint density at radius 1 is 1.35 bits per heavy atom. The van der Waals surface area contributed by atoms with Crippen LogP contribution >= 0.6 is 11.8 Å². The average Bonchev–Trinajstić information content (AvgIpc) is 3.17. The number of hydrogen-bond acceptors (Lipinski definition) is 5. The Bertz CT molecular complexity index is 741. The van der Waals surface area contributed by atoms with E-state index in [9.17, 15) is 9.18 Å². The molecule has 1 aromatic heterocycles. The number of anilines is 1. The van der Waals surface area contributed by atoms with Crippen LogP contribution in [0.1, 0.15) is 19.1 Å². The zero-order valence-corrected chi connectivity index (χ0v) is 13.2. The van der Waals surface area contributed by atoms with Crippen LogP contribution in [-0.2, 0) is 4.79 Å². The Morgan fingerprint density at radius 3 is 2.78 bits per heavy atom. The molecule has 1 unspecified atom stereocenters. The monoisotopic (exact) mass is 331 g/mol. The molecule has 0 bridgehead atoms. The summed E-state index contributed by atoms with van der Waals surface area (Å²) in [5.74, 6) is 0.148. The van der Waals surface area contributed by atoms with Crippen LogP contribution in [0.2, 0.25) is 0 Å². The highest BCUT2D eigenvalue weighted by Crippen LogP contribution is 2.33. The van der Waals surface area contributed by atoms with Gasteiger partial charge in [-0.15, -0.1) is 5.10 Å². The van der Waals surface area contributed by atoms with Crippen molar-refractivity contribution in [3.05, 3.63) is 54.2 Å². The molecule has 1 saturated heterocycles. The van der Waals surface area contributed by atoms with Crippen LogP contribution < -0.4 is 4.90 Å². The summed E-state index contributed by atoms with van der Waals surface area (Å²) in [6, 6.07) is 9.24.